The molecule has 0 saturated carbocycles. The Balaban J connectivity index is 1.77. The fourth-order valence-electron chi connectivity index (χ4n) is 2.96. The van der Waals surface area contributed by atoms with Crippen molar-refractivity contribution in [2.75, 3.05) is 0 Å². The highest BCUT2D eigenvalue weighted by Crippen LogP contribution is 2.22. The molecule has 5 heteroatoms. The monoisotopic (exact) mass is 377 g/mol. The molecule has 28 heavy (non-hydrogen) atoms. The van der Waals surface area contributed by atoms with Crippen LogP contribution in [0.15, 0.2) is 66.9 Å². The summed E-state index contributed by atoms with van der Waals surface area (Å²) in [4.78, 5) is 20.2. The topological polar surface area (TPSA) is 67.0 Å². The molecule has 0 fully saturated rings. The van der Waals surface area contributed by atoms with Crippen molar-refractivity contribution in [1.29, 1.82) is 0 Å². The van der Waals surface area contributed by atoms with E-state index in [2.05, 4.69) is 27.4 Å². The van der Waals surface area contributed by atoms with E-state index in [0.717, 1.165) is 23.5 Å². The van der Waals surface area contributed by atoms with Gasteiger partial charge in [0.05, 0.1) is 17.9 Å². The number of nitrogens with zero attached hydrogens (tertiary/aromatic N) is 1. The van der Waals surface area contributed by atoms with Gasteiger partial charge in [-0.2, -0.15) is 0 Å². The van der Waals surface area contributed by atoms with Crippen LogP contribution in [0, 0.1) is 0 Å². The standard InChI is InChI=1S/C23H27N3O2/c1-23(2,3)28-22(27)26-19(15-14-17-10-6-4-7-11-17)21-24-16-20(25-21)18-12-8-5-9-13-18/h4-13,16,19H,14-15H2,1-3H3,(H,24,25)(H,26,27). The first-order chi connectivity index (χ1) is 13.4. The number of imidazole rings is 1. The van der Waals surface area contributed by atoms with Crippen LogP contribution in [0.25, 0.3) is 11.3 Å². The smallest absolute Gasteiger partial charge is 0.408 e. The highest BCUT2D eigenvalue weighted by atomic mass is 16.6. The lowest BCUT2D eigenvalue weighted by atomic mass is 10.0. The zero-order valence-electron chi connectivity index (χ0n) is 16.6. The van der Waals surface area contributed by atoms with Crippen LogP contribution < -0.4 is 5.32 Å². The second-order valence-electron chi connectivity index (χ2n) is 7.77. The largest absolute Gasteiger partial charge is 0.444 e. The molecule has 2 aromatic carbocycles. The molecule has 0 aliphatic rings. The molecule has 3 rings (SSSR count). The maximum Gasteiger partial charge on any atom is 0.408 e. The summed E-state index contributed by atoms with van der Waals surface area (Å²) in [5, 5.41) is 2.97. The molecule has 3 aromatic rings. The summed E-state index contributed by atoms with van der Waals surface area (Å²) < 4.78 is 5.44. The van der Waals surface area contributed by atoms with Gasteiger partial charge in [0, 0.05) is 0 Å². The molecule has 0 aliphatic heterocycles. The van der Waals surface area contributed by atoms with Crippen LogP contribution in [0.3, 0.4) is 0 Å². The maximum atomic E-state index is 12.4. The van der Waals surface area contributed by atoms with Crippen molar-refractivity contribution >= 4 is 6.09 Å². The minimum atomic E-state index is -0.549. The summed E-state index contributed by atoms with van der Waals surface area (Å²) in [7, 11) is 0. The molecule has 5 nitrogen and oxygen atoms in total. The molecule has 2 N–H and O–H groups in total. The Morgan fingerprint density at radius 3 is 2.36 bits per heavy atom. The Bertz CT molecular complexity index is 883. The average Bonchev–Trinajstić information content (AvgIpc) is 3.15. The summed E-state index contributed by atoms with van der Waals surface area (Å²) >= 11 is 0. The molecule has 1 amide bonds. The predicted molar refractivity (Wildman–Crippen MR) is 111 cm³/mol. The van der Waals surface area contributed by atoms with Crippen LogP contribution in [0.2, 0.25) is 0 Å². The van der Waals surface area contributed by atoms with E-state index in [0.29, 0.717) is 6.42 Å². The molecule has 1 heterocycles. The summed E-state index contributed by atoms with van der Waals surface area (Å²) in [5.41, 5.74) is 2.65. The zero-order chi connectivity index (χ0) is 20.0. The van der Waals surface area contributed by atoms with Crippen molar-refractivity contribution in [2.45, 2.75) is 45.3 Å². The molecule has 0 bridgehead atoms. The molecular weight excluding hydrogens is 350 g/mol. The van der Waals surface area contributed by atoms with E-state index in [1.165, 1.54) is 5.56 Å². The normalized spacial score (nSPS) is 12.4. The zero-order valence-corrected chi connectivity index (χ0v) is 16.6. The average molecular weight is 377 g/mol. The first-order valence-corrected chi connectivity index (χ1v) is 9.54. The molecule has 1 aromatic heterocycles. The van der Waals surface area contributed by atoms with Gasteiger partial charge >= 0.3 is 6.09 Å². The second kappa shape index (κ2) is 8.74. The second-order valence-corrected chi connectivity index (χ2v) is 7.77. The minimum absolute atomic E-state index is 0.271. The fourth-order valence-corrected chi connectivity index (χ4v) is 2.96. The Morgan fingerprint density at radius 2 is 1.71 bits per heavy atom. The van der Waals surface area contributed by atoms with Crippen molar-refractivity contribution in [2.24, 2.45) is 0 Å². The molecule has 0 radical (unpaired) electrons. The molecule has 0 saturated heterocycles. The molecule has 146 valence electrons. The SMILES string of the molecule is CC(C)(C)OC(=O)NC(CCc1ccccc1)c1ncc(-c2ccccc2)[nH]1. The van der Waals surface area contributed by atoms with Crippen LogP contribution in [0.5, 0.6) is 0 Å². The maximum absolute atomic E-state index is 12.4. The van der Waals surface area contributed by atoms with Crippen molar-refractivity contribution in [3.8, 4) is 11.3 Å². The van der Waals surface area contributed by atoms with Crippen molar-refractivity contribution in [3.05, 3.63) is 78.2 Å². The van der Waals surface area contributed by atoms with Gasteiger partial charge < -0.3 is 15.0 Å². The number of aromatic nitrogens is 2. The third-order valence-corrected chi connectivity index (χ3v) is 4.27. The van der Waals surface area contributed by atoms with Crippen LogP contribution in [0.4, 0.5) is 4.79 Å². The number of ether oxygens (including phenoxy) is 1. The number of aryl methyl sites for hydroxylation is 1. The Hall–Kier alpha value is -3.08. The number of benzene rings is 2. The minimum Gasteiger partial charge on any atom is -0.444 e. The van der Waals surface area contributed by atoms with E-state index in [1.807, 2.05) is 69.3 Å². The van der Waals surface area contributed by atoms with Crippen LogP contribution in [0.1, 0.15) is 44.6 Å². The number of alkyl carbamates (subject to hydrolysis) is 1. The lowest BCUT2D eigenvalue weighted by Gasteiger charge is -2.23. The highest BCUT2D eigenvalue weighted by molar-refractivity contribution is 5.68. The predicted octanol–water partition coefficient (Wildman–Crippen LogP) is 5.28. The van der Waals surface area contributed by atoms with Gasteiger partial charge in [-0.3, -0.25) is 0 Å². The number of amides is 1. The first-order valence-electron chi connectivity index (χ1n) is 9.54. The van der Waals surface area contributed by atoms with Gasteiger partial charge in [-0.1, -0.05) is 60.7 Å². The molecule has 0 spiro atoms. The molecule has 1 atom stereocenters. The van der Waals surface area contributed by atoms with Gasteiger partial charge in [0.2, 0.25) is 0 Å². The van der Waals surface area contributed by atoms with Crippen molar-refractivity contribution in [3.63, 3.8) is 0 Å². The number of carbonyl (C=O) groups excluding carboxylic acids is 1. The Kier molecular flexibility index (Phi) is 6.14. The third-order valence-electron chi connectivity index (χ3n) is 4.27. The van der Waals surface area contributed by atoms with E-state index >= 15 is 0 Å². The van der Waals surface area contributed by atoms with Gasteiger partial charge in [0.25, 0.3) is 0 Å². The van der Waals surface area contributed by atoms with Crippen molar-refractivity contribution in [1.82, 2.24) is 15.3 Å². The number of carbonyl (C=O) groups is 1. The molecular formula is C23H27N3O2. The van der Waals surface area contributed by atoms with E-state index in [9.17, 15) is 4.79 Å². The van der Waals surface area contributed by atoms with Crippen LogP contribution >= 0.6 is 0 Å². The third kappa shape index (κ3) is 5.71. The molecule has 1 unspecified atom stereocenters. The van der Waals surface area contributed by atoms with Crippen LogP contribution in [-0.2, 0) is 11.2 Å². The number of hydrogen-bond donors (Lipinski definition) is 2. The lowest BCUT2D eigenvalue weighted by molar-refractivity contribution is 0.0498. The summed E-state index contributed by atoms with van der Waals surface area (Å²) in [6.07, 6.45) is 2.90. The highest BCUT2D eigenvalue weighted by Gasteiger charge is 2.22. The summed E-state index contributed by atoms with van der Waals surface area (Å²) in [5.74, 6) is 0.723. The van der Waals surface area contributed by atoms with E-state index in [1.54, 1.807) is 6.20 Å². The van der Waals surface area contributed by atoms with Gasteiger partial charge in [-0.15, -0.1) is 0 Å². The number of nitrogens with one attached hydrogen (secondary N) is 2. The van der Waals surface area contributed by atoms with Gasteiger partial charge in [0.15, 0.2) is 0 Å². The number of rotatable bonds is 6. The van der Waals surface area contributed by atoms with E-state index in [4.69, 9.17) is 4.74 Å². The van der Waals surface area contributed by atoms with Crippen LogP contribution in [-0.4, -0.2) is 21.7 Å². The number of aromatic amines is 1. The van der Waals surface area contributed by atoms with E-state index < -0.39 is 11.7 Å². The summed E-state index contributed by atoms with van der Waals surface area (Å²) in [6.45, 7) is 5.56. The Morgan fingerprint density at radius 1 is 1.07 bits per heavy atom. The van der Waals surface area contributed by atoms with Gasteiger partial charge in [0.1, 0.15) is 11.4 Å². The quantitative estimate of drug-likeness (QED) is 0.614. The lowest BCUT2D eigenvalue weighted by Crippen LogP contribution is -2.35. The Labute approximate surface area is 166 Å². The molecule has 0 aliphatic carbocycles. The van der Waals surface area contributed by atoms with E-state index in [-0.39, 0.29) is 6.04 Å². The number of H-pyrrole nitrogens is 1. The van der Waals surface area contributed by atoms with Gasteiger partial charge in [-0.25, -0.2) is 9.78 Å². The number of hydrogen-bond acceptors (Lipinski definition) is 3. The fraction of sp³-hybridized carbons (Fsp3) is 0.304. The van der Waals surface area contributed by atoms with Gasteiger partial charge in [-0.05, 0) is 44.7 Å². The first kappa shape index (κ1) is 19.7. The van der Waals surface area contributed by atoms with Crippen molar-refractivity contribution < 1.29 is 9.53 Å². The summed E-state index contributed by atoms with van der Waals surface area (Å²) in [6, 6.07) is 19.9.